The Morgan fingerprint density at radius 2 is 2.04 bits per heavy atom. The molecule has 0 radical (unpaired) electrons. The van der Waals surface area contributed by atoms with Gasteiger partial charge in [-0.3, -0.25) is 0 Å². The maximum absolute atomic E-state index is 12.2. The molecule has 23 heavy (non-hydrogen) atoms. The molecule has 4 rings (SSSR count). The van der Waals surface area contributed by atoms with Gasteiger partial charge in [0.25, 0.3) is 0 Å². The number of amides is 2. The number of rotatable bonds is 2. The summed E-state index contributed by atoms with van der Waals surface area (Å²) in [7, 11) is 1.88. The fourth-order valence-electron chi connectivity index (χ4n) is 3.94. The number of likely N-dealkylation sites (N-methyl/N-ethyl adjacent to an activating group) is 1. The Morgan fingerprint density at radius 3 is 2.74 bits per heavy atom. The second kappa shape index (κ2) is 5.74. The molecule has 6 nitrogen and oxygen atoms in total. The zero-order chi connectivity index (χ0) is 16.0. The molecule has 0 aromatic carbocycles. The number of urea groups is 1. The zero-order valence-corrected chi connectivity index (χ0v) is 14.1. The molecule has 1 atom stereocenters. The second-order valence-electron chi connectivity index (χ2n) is 6.69. The molecule has 0 aromatic rings. The lowest BCUT2D eigenvalue weighted by Gasteiger charge is -2.39. The maximum Gasteiger partial charge on any atom is 0.320 e. The van der Waals surface area contributed by atoms with Crippen molar-refractivity contribution >= 4 is 23.8 Å². The summed E-state index contributed by atoms with van der Waals surface area (Å²) >= 11 is 6.31. The number of carbonyl (C=O) groups excluding carboxylic acids is 1. The summed E-state index contributed by atoms with van der Waals surface area (Å²) < 4.78 is 0. The molecule has 2 fully saturated rings. The number of halogens is 1. The van der Waals surface area contributed by atoms with Crippen LogP contribution in [0.3, 0.4) is 0 Å². The van der Waals surface area contributed by atoms with Crippen molar-refractivity contribution in [1.29, 1.82) is 0 Å². The van der Waals surface area contributed by atoms with E-state index < -0.39 is 0 Å². The number of carbonyl (C=O) groups is 1. The molecule has 3 heterocycles. The standard InChI is InChI=1S/C16H22ClN5O/c1-20-6-7-22(16(20)23)12-2-4-21(5-3-12)15-9-11(17)8-14-13(15)10-18-19-14/h9-10,12,14,19H,2-8H2,1H3. The number of allylic oxidation sites excluding steroid dienone is 1. The minimum absolute atomic E-state index is 0.179. The quantitative estimate of drug-likeness (QED) is 0.833. The van der Waals surface area contributed by atoms with Crippen molar-refractivity contribution in [3.63, 3.8) is 0 Å². The van der Waals surface area contributed by atoms with E-state index in [1.54, 1.807) is 0 Å². The third kappa shape index (κ3) is 2.59. The minimum atomic E-state index is 0.179. The molecule has 4 aliphatic rings. The van der Waals surface area contributed by atoms with Gasteiger partial charge in [0.1, 0.15) is 0 Å². The van der Waals surface area contributed by atoms with Gasteiger partial charge in [0, 0.05) is 62.0 Å². The fourth-order valence-corrected chi connectivity index (χ4v) is 4.20. The van der Waals surface area contributed by atoms with Crippen LogP contribution in [0.25, 0.3) is 0 Å². The molecule has 1 unspecified atom stereocenters. The highest BCUT2D eigenvalue weighted by molar-refractivity contribution is 6.30. The van der Waals surface area contributed by atoms with Crippen LogP contribution < -0.4 is 5.43 Å². The largest absolute Gasteiger partial charge is 0.371 e. The van der Waals surface area contributed by atoms with Crippen molar-refractivity contribution in [2.45, 2.75) is 31.3 Å². The first-order chi connectivity index (χ1) is 11.1. The number of nitrogens with zero attached hydrogens (tertiary/aromatic N) is 4. The van der Waals surface area contributed by atoms with Crippen LogP contribution in [0.1, 0.15) is 19.3 Å². The van der Waals surface area contributed by atoms with E-state index in [2.05, 4.69) is 21.5 Å². The van der Waals surface area contributed by atoms with Crippen LogP contribution in [-0.2, 0) is 0 Å². The predicted octanol–water partition coefficient (Wildman–Crippen LogP) is 1.56. The Balaban J connectivity index is 1.46. The summed E-state index contributed by atoms with van der Waals surface area (Å²) in [6, 6.07) is 0.760. The monoisotopic (exact) mass is 335 g/mol. The molecule has 7 heteroatoms. The van der Waals surface area contributed by atoms with Crippen LogP contribution in [0.5, 0.6) is 0 Å². The van der Waals surface area contributed by atoms with Crippen LogP contribution in [0.2, 0.25) is 0 Å². The molecule has 2 saturated heterocycles. The van der Waals surface area contributed by atoms with Crippen LogP contribution in [0.4, 0.5) is 4.79 Å². The van der Waals surface area contributed by atoms with Crippen molar-refractivity contribution < 1.29 is 4.79 Å². The summed E-state index contributed by atoms with van der Waals surface area (Å²) in [6.07, 6.45) is 6.84. The average Bonchev–Trinajstić information content (AvgIpc) is 3.14. The summed E-state index contributed by atoms with van der Waals surface area (Å²) in [6.45, 7) is 3.62. The Morgan fingerprint density at radius 1 is 1.26 bits per heavy atom. The first-order valence-electron chi connectivity index (χ1n) is 8.29. The average molecular weight is 336 g/mol. The molecule has 3 aliphatic heterocycles. The van der Waals surface area contributed by atoms with E-state index in [0.29, 0.717) is 6.04 Å². The molecule has 124 valence electrons. The van der Waals surface area contributed by atoms with Gasteiger partial charge >= 0.3 is 6.03 Å². The van der Waals surface area contributed by atoms with Crippen LogP contribution in [0.15, 0.2) is 27.5 Å². The SMILES string of the molecule is CN1CCN(C2CCN(C3=C4C=NNC4CC(Cl)=C3)CC2)C1=O. The van der Waals surface area contributed by atoms with E-state index in [9.17, 15) is 4.79 Å². The molecule has 0 bridgehead atoms. The lowest BCUT2D eigenvalue weighted by atomic mass is 9.95. The van der Waals surface area contributed by atoms with Crippen molar-refractivity contribution in [3.05, 3.63) is 22.4 Å². The van der Waals surface area contributed by atoms with Gasteiger partial charge in [-0.1, -0.05) is 11.6 Å². The minimum Gasteiger partial charge on any atom is -0.371 e. The van der Waals surface area contributed by atoms with E-state index in [4.69, 9.17) is 11.6 Å². The Kier molecular flexibility index (Phi) is 3.71. The molecule has 0 spiro atoms. The summed E-state index contributed by atoms with van der Waals surface area (Å²) in [5.41, 5.74) is 5.56. The topological polar surface area (TPSA) is 51.2 Å². The Hall–Kier alpha value is -1.69. The van der Waals surface area contributed by atoms with Gasteiger partial charge < -0.3 is 20.1 Å². The number of hydrazone groups is 1. The van der Waals surface area contributed by atoms with Gasteiger partial charge in [0.05, 0.1) is 12.3 Å². The van der Waals surface area contributed by atoms with Crippen molar-refractivity contribution in [2.75, 3.05) is 33.2 Å². The number of nitrogens with one attached hydrogen (secondary N) is 1. The smallest absolute Gasteiger partial charge is 0.320 e. The maximum atomic E-state index is 12.2. The van der Waals surface area contributed by atoms with Crippen LogP contribution >= 0.6 is 11.6 Å². The molecular formula is C16H22ClN5O. The fraction of sp³-hybridized carbons (Fsp3) is 0.625. The normalized spacial score (nSPS) is 28.4. The first kappa shape index (κ1) is 14.9. The van der Waals surface area contributed by atoms with Crippen molar-refractivity contribution in [3.8, 4) is 0 Å². The van der Waals surface area contributed by atoms with Gasteiger partial charge in [0.15, 0.2) is 0 Å². The van der Waals surface area contributed by atoms with E-state index in [1.807, 2.05) is 23.1 Å². The molecule has 0 saturated carbocycles. The van der Waals surface area contributed by atoms with Crippen LogP contribution in [-0.4, -0.2) is 72.3 Å². The molecule has 1 N–H and O–H groups in total. The summed E-state index contributed by atoms with van der Waals surface area (Å²) in [5.74, 6) is 0. The van der Waals surface area contributed by atoms with E-state index in [1.165, 1.54) is 11.3 Å². The van der Waals surface area contributed by atoms with Gasteiger partial charge in [-0.25, -0.2) is 4.79 Å². The number of hydrogen-bond acceptors (Lipinski definition) is 4. The van der Waals surface area contributed by atoms with E-state index in [0.717, 1.165) is 50.5 Å². The molecule has 0 aromatic heterocycles. The first-order valence-corrected chi connectivity index (χ1v) is 8.67. The van der Waals surface area contributed by atoms with Crippen molar-refractivity contribution in [2.24, 2.45) is 5.10 Å². The molecular weight excluding hydrogens is 314 g/mol. The molecule has 2 amide bonds. The zero-order valence-electron chi connectivity index (χ0n) is 13.3. The Labute approximate surface area is 141 Å². The lowest BCUT2D eigenvalue weighted by Crippen LogP contribution is -2.46. The number of likely N-dealkylation sites (tertiary alicyclic amines) is 1. The van der Waals surface area contributed by atoms with Crippen molar-refractivity contribution in [1.82, 2.24) is 20.1 Å². The molecule has 1 aliphatic carbocycles. The van der Waals surface area contributed by atoms with Crippen LogP contribution in [0, 0.1) is 0 Å². The highest BCUT2D eigenvalue weighted by atomic mass is 35.5. The van der Waals surface area contributed by atoms with E-state index >= 15 is 0 Å². The number of hydrogen-bond donors (Lipinski definition) is 1. The second-order valence-corrected chi connectivity index (χ2v) is 7.18. The highest BCUT2D eigenvalue weighted by Crippen LogP contribution is 2.32. The van der Waals surface area contributed by atoms with Gasteiger partial charge in [-0.05, 0) is 18.9 Å². The summed E-state index contributed by atoms with van der Waals surface area (Å²) in [5, 5.41) is 5.07. The number of fused-ring (bicyclic) bond motifs is 1. The summed E-state index contributed by atoms with van der Waals surface area (Å²) in [4.78, 5) is 18.4. The van der Waals surface area contributed by atoms with Gasteiger partial charge in [0.2, 0.25) is 0 Å². The lowest BCUT2D eigenvalue weighted by molar-refractivity contribution is 0.147. The van der Waals surface area contributed by atoms with E-state index in [-0.39, 0.29) is 12.1 Å². The van der Waals surface area contributed by atoms with Gasteiger partial charge in [-0.2, -0.15) is 5.10 Å². The highest BCUT2D eigenvalue weighted by Gasteiger charge is 2.35. The Bertz CT molecular complexity index is 606. The predicted molar refractivity (Wildman–Crippen MR) is 90.3 cm³/mol. The number of piperidine rings is 1. The third-order valence-corrected chi connectivity index (χ3v) is 5.56. The van der Waals surface area contributed by atoms with Gasteiger partial charge in [-0.15, -0.1) is 0 Å². The third-order valence-electron chi connectivity index (χ3n) is 5.29.